The SMILES string of the molecule is O=C(COc1ccc(Br)cc1)NCCN1CCN(C(=O)C2CCCC2)CC1. The number of ether oxygens (including phenoxy) is 1. The summed E-state index contributed by atoms with van der Waals surface area (Å²) in [5, 5.41) is 2.89. The van der Waals surface area contributed by atoms with Crippen LogP contribution in [0, 0.1) is 5.92 Å². The molecule has 0 unspecified atom stereocenters. The molecule has 0 radical (unpaired) electrons. The first-order chi connectivity index (χ1) is 13.1. The van der Waals surface area contributed by atoms with Crippen molar-refractivity contribution in [3.05, 3.63) is 28.7 Å². The molecule has 1 aliphatic heterocycles. The van der Waals surface area contributed by atoms with Crippen molar-refractivity contribution in [2.24, 2.45) is 5.92 Å². The van der Waals surface area contributed by atoms with Gasteiger partial charge in [0.1, 0.15) is 5.75 Å². The second-order valence-electron chi connectivity index (χ2n) is 7.24. The number of hydrogen-bond acceptors (Lipinski definition) is 4. The molecule has 0 bridgehead atoms. The second-order valence-corrected chi connectivity index (χ2v) is 8.16. The maximum absolute atomic E-state index is 12.5. The van der Waals surface area contributed by atoms with Crippen molar-refractivity contribution in [1.29, 1.82) is 0 Å². The van der Waals surface area contributed by atoms with E-state index >= 15 is 0 Å². The Morgan fingerprint density at radius 2 is 1.74 bits per heavy atom. The summed E-state index contributed by atoms with van der Waals surface area (Å²) >= 11 is 3.36. The lowest BCUT2D eigenvalue weighted by Gasteiger charge is -2.36. The van der Waals surface area contributed by atoms with E-state index in [2.05, 4.69) is 26.1 Å². The van der Waals surface area contributed by atoms with Crippen LogP contribution in [-0.2, 0) is 9.59 Å². The van der Waals surface area contributed by atoms with E-state index in [4.69, 9.17) is 4.74 Å². The molecule has 7 heteroatoms. The van der Waals surface area contributed by atoms with E-state index in [9.17, 15) is 9.59 Å². The number of piperazine rings is 1. The molecule has 27 heavy (non-hydrogen) atoms. The average molecular weight is 438 g/mol. The van der Waals surface area contributed by atoms with Crippen LogP contribution in [0.1, 0.15) is 25.7 Å². The first-order valence-corrected chi connectivity index (χ1v) is 10.6. The summed E-state index contributed by atoms with van der Waals surface area (Å²) in [7, 11) is 0. The predicted molar refractivity (Wildman–Crippen MR) is 108 cm³/mol. The van der Waals surface area contributed by atoms with E-state index in [1.54, 1.807) is 0 Å². The van der Waals surface area contributed by atoms with Gasteiger partial charge in [0.15, 0.2) is 6.61 Å². The van der Waals surface area contributed by atoms with Crippen molar-refractivity contribution in [1.82, 2.24) is 15.1 Å². The Bertz CT molecular complexity index is 624. The van der Waals surface area contributed by atoms with Crippen molar-refractivity contribution in [3.8, 4) is 5.75 Å². The van der Waals surface area contributed by atoms with Gasteiger partial charge in [-0.3, -0.25) is 14.5 Å². The fourth-order valence-corrected chi connectivity index (χ4v) is 3.97. The third-order valence-corrected chi connectivity index (χ3v) is 5.85. The molecule has 0 spiro atoms. The van der Waals surface area contributed by atoms with Crippen LogP contribution in [-0.4, -0.2) is 67.5 Å². The van der Waals surface area contributed by atoms with E-state index in [1.165, 1.54) is 12.8 Å². The first-order valence-electron chi connectivity index (χ1n) is 9.78. The molecule has 1 N–H and O–H groups in total. The fraction of sp³-hybridized carbons (Fsp3) is 0.600. The van der Waals surface area contributed by atoms with E-state index in [1.807, 2.05) is 29.2 Å². The highest BCUT2D eigenvalue weighted by molar-refractivity contribution is 9.10. The maximum Gasteiger partial charge on any atom is 0.257 e. The van der Waals surface area contributed by atoms with Crippen molar-refractivity contribution in [2.75, 3.05) is 45.9 Å². The number of benzene rings is 1. The number of rotatable bonds is 7. The lowest BCUT2D eigenvalue weighted by Crippen LogP contribution is -2.51. The lowest BCUT2D eigenvalue weighted by molar-refractivity contribution is -0.137. The zero-order valence-electron chi connectivity index (χ0n) is 15.7. The molecule has 1 aromatic rings. The molecule has 2 fully saturated rings. The minimum Gasteiger partial charge on any atom is -0.484 e. The molecule has 3 rings (SSSR count). The molecule has 1 heterocycles. The van der Waals surface area contributed by atoms with E-state index in [0.29, 0.717) is 18.2 Å². The molecule has 148 valence electrons. The van der Waals surface area contributed by atoms with E-state index in [-0.39, 0.29) is 18.4 Å². The van der Waals surface area contributed by atoms with Crippen LogP contribution < -0.4 is 10.1 Å². The zero-order chi connectivity index (χ0) is 19.1. The minimum atomic E-state index is -0.118. The van der Waals surface area contributed by atoms with Gasteiger partial charge < -0.3 is 15.0 Å². The summed E-state index contributed by atoms with van der Waals surface area (Å²) in [6.07, 6.45) is 4.52. The van der Waals surface area contributed by atoms with Gasteiger partial charge in [-0.25, -0.2) is 0 Å². The monoisotopic (exact) mass is 437 g/mol. The molecule has 1 aromatic carbocycles. The summed E-state index contributed by atoms with van der Waals surface area (Å²) < 4.78 is 6.44. The summed E-state index contributed by atoms with van der Waals surface area (Å²) in [5.74, 6) is 1.18. The molecular weight excluding hydrogens is 410 g/mol. The Morgan fingerprint density at radius 3 is 2.41 bits per heavy atom. The van der Waals surface area contributed by atoms with Gasteiger partial charge in [-0.2, -0.15) is 0 Å². The Hall–Kier alpha value is -1.60. The summed E-state index contributed by atoms with van der Waals surface area (Å²) in [5.41, 5.74) is 0. The Balaban J connectivity index is 1.28. The maximum atomic E-state index is 12.5. The van der Waals surface area contributed by atoms with Gasteiger partial charge >= 0.3 is 0 Å². The molecule has 0 aromatic heterocycles. The fourth-order valence-electron chi connectivity index (χ4n) is 3.71. The molecule has 1 saturated carbocycles. The molecule has 0 atom stereocenters. The highest BCUT2D eigenvalue weighted by Gasteiger charge is 2.29. The van der Waals surface area contributed by atoms with Gasteiger partial charge in [0.2, 0.25) is 5.91 Å². The number of hydrogen-bond donors (Lipinski definition) is 1. The van der Waals surface area contributed by atoms with Gasteiger partial charge in [-0.15, -0.1) is 0 Å². The quantitative estimate of drug-likeness (QED) is 0.710. The number of carbonyl (C=O) groups excluding carboxylic acids is 2. The van der Waals surface area contributed by atoms with Crippen LogP contribution in [0.25, 0.3) is 0 Å². The van der Waals surface area contributed by atoms with Gasteiger partial charge in [0.05, 0.1) is 0 Å². The number of halogens is 1. The summed E-state index contributed by atoms with van der Waals surface area (Å²) in [6.45, 7) is 4.78. The molecule has 6 nitrogen and oxygen atoms in total. The van der Waals surface area contributed by atoms with Crippen molar-refractivity contribution in [3.63, 3.8) is 0 Å². The largest absolute Gasteiger partial charge is 0.484 e. The van der Waals surface area contributed by atoms with Crippen LogP contribution >= 0.6 is 15.9 Å². The average Bonchev–Trinajstić information content (AvgIpc) is 3.22. The van der Waals surface area contributed by atoms with Crippen LogP contribution in [0.15, 0.2) is 28.7 Å². The third kappa shape index (κ3) is 6.21. The number of nitrogens with zero attached hydrogens (tertiary/aromatic N) is 2. The Morgan fingerprint density at radius 1 is 1.07 bits per heavy atom. The molecular formula is C20H28BrN3O3. The van der Waals surface area contributed by atoms with E-state index < -0.39 is 0 Å². The van der Waals surface area contributed by atoms with Gasteiger partial charge in [-0.1, -0.05) is 28.8 Å². The standard InChI is InChI=1S/C20H28BrN3O3/c21-17-5-7-18(8-6-17)27-15-19(25)22-9-10-23-11-13-24(14-12-23)20(26)16-3-1-2-4-16/h5-8,16H,1-4,9-15H2,(H,22,25). The second kappa shape index (κ2) is 10.1. The van der Waals surface area contributed by atoms with Gasteiger partial charge in [0.25, 0.3) is 5.91 Å². The zero-order valence-corrected chi connectivity index (χ0v) is 17.2. The normalized spacial score (nSPS) is 18.5. The highest BCUT2D eigenvalue weighted by atomic mass is 79.9. The van der Waals surface area contributed by atoms with Crippen molar-refractivity contribution >= 4 is 27.7 Å². The van der Waals surface area contributed by atoms with Crippen molar-refractivity contribution < 1.29 is 14.3 Å². The van der Waals surface area contributed by atoms with E-state index in [0.717, 1.165) is 50.0 Å². The van der Waals surface area contributed by atoms with Crippen LogP contribution in [0.3, 0.4) is 0 Å². The number of nitrogens with one attached hydrogen (secondary N) is 1. The number of carbonyl (C=O) groups is 2. The summed E-state index contributed by atoms with van der Waals surface area (Å²) in [4.78, 5) is 28.7. The molecule has 1 aliphatic carbocycles. The predicted octanol–water partition coefficient (Wildman–Crippen LogP) is 2.28. The smallest absolute Gasteiger partial charge is 0.257 e. The molecule has 2 amide bonds. The Labute approximate surface area is 169 Å². The minimum absolute atomic E-state index is 0.0191. The van der Waals surface area contributed by atoms with Crippen LogP contribution in [0.5, 0.6) is 5.75 Å². The topological polar surface area (TPSA) is 61.9 Å². The van der Waals surface area contributed by atoms with Crippen LogP contribution in [0.4, 0.5) is 0 Å². The lowest BCUT2D eigenvalue weighted by atomic mass is 10.1. The van der Waals surface area contributed by atoms with Crippen LogP contribution in [0.2, 0.25) is 0 Å². The summed E-state index contributed by atoms with van der Waals surface area (Å²) in [6, 6.07) is 7.40. The molecule has 1 saturated heterocycles. The van der Waals surface area contributed by atoms with Crippen molar-refractivity contribution in [2.45, 2.75) is 25.7 Å². The number of amides is 2. The Kier molecular flexibility index (Phi) is 7.52. The van der Waals surface area contributed by atoms with Gasteiger partial charge in [-0.05, 0) is 37.1 Å². The highest BCUT2D eigenvalue weighted by Crippen LogP contribution is 2.26. The third-order valence-electron chi connectivity index (χ3n) is 5.32. The van der Waals surface area contributed by atoms with Gasteiger partial charge in [0, 0.05) is 49.7 Å². The first kappa shape index (κ1) is 20.1. The molecule has 2 aliphatic rings.